The van der Waals surface area contributed by atoms with E-state index in [0.29, 0.717) is 27.1 Å². The second-order valence-electron chi connectivity index (χ2n) is 5.63. The minimum atomic E-state index is -0.379. The summed E-state index contributed by atoms with van der Waals surface area (Å²) in [4.78, 5) is 31.8. The van der Waals surface area contributed by atoms with Gasteiger partial charge in [0.25, 0.3) is 0 Å². The summed E-state index contributed by atoms with van der Waals surface area (Å²) in [6.07, 6.45) is 0. The molecule has 0 radical (unpaired) electrons. The summed E-state index contributed by atoms with van der Waals surface area (Å²) in [5, 5.41) is 2.26. The molecule has 0 spiro atoms. The first-order chi connectivity index (χ1) is 13.0. The Morgan fingerprint density at radius 1 is 1.19 bits per heavy atom. The van der Waals surface area contributed by atoms with E-state index in [0.717, 1.165) is 4.88 Å². The molecule has 1 amide bonds. The molecular formula is C19H18N2O4S2. The molecule has 2 aromatic heterocycles. The zero-order valence-corrected chi connectivity index (χ0v) is 16.7. The van der Waals surface area contributed by atoms with Gasteiger partial charge in [-0.15, -0.1) is 22.7 Å². The lowest BCUT2D eigenvalue weighted by Gasteiger charge is -2.20. The average Bonchev–Trinajstić information content (AvgIpc) is 3.29. The van der Waals surface area contributed by atoms with E-state index in [1.807, 2.05) is 25.1 Å². The number of thiazole rings is 1. The standard InChI is InChI=1S/C19H18N2O4S2/c1-12-8-9-17(27-12)18(23)25-10-14-11-26-19(20-14)21(13(2)22)15-6-4-5-7-16(15)24-3/h4-9,11H,10H2,1-3H3. The molecular weight excluding hydrogens is 384 g/mol. The van der Waals surface area contributed by atoms with Crippen LogP contribution in [0.2, 0.25) is 0 Å². The largest absolute Gasteiger partial charge is 0.495 e. The number of aromatic nitrogens is 1. The lowest BCUT2D eigenvalue weighted by Crippen LogP contribution is -2.23. The quantitative estimate of drug-likeness (QED) is 0.565. The lowest BCUT2D eigenvalue weighted by molar-refractivity contribution is -0.115. The van der Waals surface area contributed by atoms with Crippen molar-refractivity contribution in [2.24, 2.45) is 0 Å². The lowest BCUT2D eigenvalue weighted by atomic mass is 10.2. The summed E-state index contributed by atoms with van der Waals surface area (Å²) in [7, 11) is 1.55. The fraction of sp³-hybridized carbons (Fsp3) is 0.211. The Kier molecular flexibility index (Phi) is 5.88. The van der Waals surface area contributed by atoms with E-state index in [1.165, 1.54) is 34.5 Å². The van der Waals surface area contributed by atoms with Crippen LogP contribution < -0.4 is 9.64 Å². The molecule has 27 heavy (non-hydrogen) atoms. The van der Waals surface area contributed by atoms with Crippen LogP contribution in [-0.2, 0) is 16.1 Å². The van der Waals surface area contributed by atoms with Crippen molar-refractivity contribution in [3.63, 3.8) is 0 Å². The number of carbonyl (C=O) groups excluding carboxylic acids is 2. The van der Waals surface area contributed by atoms with Gasteiger partial charge in [0, 0.05) is 17.2 Å². The van der Waals surface area contributed by atoms with E-state index in [-0.39, 0.29) is 18.5 Å². The zero-order valence-electron chi connectivity index (χ0n) is 15.1. The van der Waals surface area contributed by atoms with Crippen molar-refractivity contribution in [2.45, 2.75) is 20.5 Å². The van der Waals surface area contributed by atoms with Gasteiger partial charge in [0.15, 0.2) is 5.13 Å². The number of methoxy groups -OCH3 is 1. The number of hydrogen-bond acceptors (Lipinski definition) is 7. The highest BCUT2D eigenvalue weighted by atomic mass is 32.1. The molecule has 0 aliphatic rings. The Morgan fingerprint density at radius 3 is 2.63 bits per heavy atom. The van der Waals surface area contributed by atoms with Crippen molar-refractivity contribution in [1.82, 2.24) is 4.98 Å². The molecule has 0 unspecified atom stereocenters. The van der Waals surface area contributed by atoms with Crippen LogP contribution >= 0.6 is 22.7 Å². The Labute approximate surface area is 165 Å². The molecule has 140 valence electrons. The summed E-state index contributed by atoms with van der Waals surface area (Å²) in [5.41, 5.74) is 1.19. The van der Waals surface area contributed by atoms with Crippen molar-refractivity contribution in [1.29, 1.82) is 0 Å². The first-order valence-corrected chi connectivity index (χ1v) is 9.81. The average molecular weight is 402 g/mol. The summed E-state index contributed by atoms with van der Waals surface area (Å²) in [6.45, 7) is 3.44. The van der Waals surface area contributed by atoms with E-state index in [4.69, 9.17) is 9.47 Å². The second kappa shape index (κ2) is 8.32. The Hall–Kier alpha value is -2.71. The van der Waals surface area contributed by atoms with Crippen molar-refractivity contribution in [3.8, 4) is 5.75 Å². The maximum Gasteiger partial charge on any atom is 0.348 e. The molecule has 8 heteroatoms. The van der Waals surface area contributed by atoms with Crippen molar-refractivity contribution in [2.75, 3.05) is 12.0 Å². The van der Waals surface area contributed by atoms with Crippen molar-refractivity contribution in [3.05, 3.63) is 57.2 Å². The van der Waals surface area contributed by atoms with E-state index in [1.54, 1.807) is 30.7 Å². The van der Waals surface area contributed by atoms with E-state index < -0.39 is 0 Å². The third-order valence-corrected chi connectivity index (χ3v) is 5.52. The highest BCUT2D eigenvalue weighted by molar-refractivity contribution is 7.14. The third-order valence-electron chi connectivity index (χ3n) is 3.66. The van der Waals surface area contributed by atoms with Crippen LogP contribution in [0.1, 0.15) is 27.2 Å². The zero-order chi connectivity index (χ0) is 19.4. The van der Waals surface area contributed by atoms with Gasteiger partial charge in [-0.05, 0) is 31.2 Å². The fourth-order valence-electron chi connectivity index (χ4n) is 2.44. The molecule has 0 bridgehead atoms. The van der Waals surface area contributed by atoms with Gasteiger partial charge in [-0.25, -0.2) is 9.78 Å². The number of aryl methyl sites for hydroxylation is 1. The van der Waals surface area contributed by atoms with Gasteiger partial charge in [-0.1, -0.05) is 12.1 Å². The summed E-state index contributed by atoms with van der Waals surface area (Å²) < 4.78 is 10.7. The summed E-state index contributed by atoms with van der Waals surface area (Å²) in [6, 6.07) is 10.9. The minimum Gasteiger partial charge on any atom is -0.495 e. The number of thiophene rings is 1. The number of ether oxygens (including phenoxy) is 2. The second-order valence-corrected chi connectivity index (χ2v) is 7.76. The highest BCUT2D eigenvalue weighted by Gasteiger charge is 2.21. The monoisotopic (exact) mass is 402 g/mol. The molecule has 0 saturated heterocycles. The molecule has 3 aromatic rings. The predicted molar refractivity (Wildman–Crippen MR) is 106 cm³/mol. The van der Waals surface area contributed by atoms with Gasteiger partial charge in [-0.3, -0.25) is 9.69 Å². The van der Waals surface area contributed by atoms with Crippen LogP contribution in [0, 0.1) is 6.92 Å². The van der Waals surface area contributed by atoms with Gasteiger partial charge in [0.05, 0.1) is 18.5 Å². The Morgan fingerprint density at radius 2 is 1.96 bits per heavy atom. The van der Waals surface area contributed by atoms with Crippen LogP contribution in [0.3, 0.4) is 0 Å². The topological polar surface area (TPSA) is 68.7 Å². The van der Waals surface area contributed by atoms with Crippen LogP contribution in [-0.4, -0.2) is 24.0 Å². The smallest absolute Gasteiger partial charge is 0.348 e. The predicted octanol–water partition coefficient (Wildman–Crippen LogP) is 4.56. The van der Waals surface area contributed by atoms with Gasteiger partial charge in [0.2, 0.25) is 5.91 Å². The maximum absolute atomic E-state index is 12.2. The number of hydrogen-bond donors (Lipinski definition) is 0. The number of benzene rings is 1. The number of anilines is 2. The van der Waals surface area contributed by atoms with Crippen LogP contribution in [0.5, 0.6) is 5.75 Å². The SMILES string of the molecule is COc1ccccc1N(C(C)=O)c1nc(COC(=O)c2ccc(C)s2)cs1. The first-order valence-electron chi connectivity index (χ1n) is 8.11. The molecule has 1 aromatic carbocycles. The van der Waals surface area contributed by atoms with Crippen LogP contribution in [0.15, 0.2) is 41.8 Å². The number of esters is 1. The molecule has 0 saturated carbocycles. The molecule has 0 fully saturated rings. The van der Waals surface area contributed by atoms with Crippen LogP contribution in [0.4, 0.5) is 10.8 Å². The van der Waals surface area contributed by atoms with E-state index in [2.05, 4.69) is 4.98 Å². The third kappa shape index (κ3) is 4.35. The number of para-hydroxylation sites is 2. The van der Waals surface area contributed by atoms with E-state index in [9.17, 15) is 9.59 Å². The number of nitrogens with zero attached hydrogens (tertiary/aromatic N) is 2. The molecule has 6 nitrogen and oxygen atoms in total. The van der Waals surface area contributed by atoms with Crippen LogP contribution in [0.25, 0.3) is 0 Å². The maximum atomic E-state index is 12.2. The molecule has 0 atom stereocenters. The van der Waals surface area contributed by atoms with Crippen molar-refractivity contribution >= 4 is 45.4 Å². The number of amides is 1. The Bertz CT molecular complexity index is 964. The van der Waals surface area contributed by atoms with Gasteiger partial charge in [0.1, 0.15) is 17.2 Å². The molecule has 0 aliphatic heterocycles. The Balaban J connectivity index is 1.76. The number of carbonyl (C=O) groups is 2. The molecule has 0 aliphatic carbocycles. The normalized spacial score (nSPS) is 10.5. The van der Waals surface area contributed by atoms with Gasteiger partial charge < -0.3 is 9.47 Å². The molecule has 2 heterocycles. The molecule has 3 rings (SSSR count). The fourth-order valence-corrected chi connectivity index (χ4v) is 4.07. The molecule has 0 N–H and O–H groups in total. The highest BCUT2D eigenvalue weighted by Crippen LogP contribution is 2.35. The number of rotatable bonds is 6. The van der Waals surface area contributed by atoms with Gasteiger partial charge >= 0.3 is 5.97 Å². The van der Waals surface area contributed by atoms with Crippen molar-refractivity contribution < 1.29 is 19.1 Å². The minimum absolute atomic E-state index is 0.0456. The van der Waals surface area contributed by atoms with E-state index >= 15 is 0 Å². The summed E-state index contributed by atoms with van der Waals surface area (Å²) >= 11 is 2.69. The van der Waals surface area contributed by atoms with Gasteiger partial charge in [-0.2, -0.15) is 0 Å². The first kappa shape index (κ1) is 19.1. The summed E-state index contributed by atoms with van der Waals surface area (Å²) in [5.74, 6) is 0.00574.